The number of aliphatic carboxylic acids is 1. The van der Waals surface area contributed by atoms with Gasteiger partial charge in [0.1, 0.15) is 6.04 Å². The lowest BCUT2D eigenvalue weighted by molar-refractivity contribution is -0.140. The molecule has 2 atom stereocenters. The molecule has 6 heteroatoms. The summed E-state index contributed by atoms with van der Waals surface area (Å²) in [6, 6.07) is 4.51. The van der Waals surface area contributed by atoms with E-state index in [1.807, 2.05) is 39.0 Å². The maximum absolute atomic E-state index is 12.1. The van der Waals surface area contributed by atoms with E-state index in [0.29, 0.717) is 6.42 Å². The van der Waals surface area contributed by atoms with Gasteiger partial charge in [0, 0.05) is 5.69 Å². The maximum Gasteiger partial charge on any atom is 0.320 e. The first-order valence-electron chi connectivity index (χ1n) is 7.22. The van der Waals surface area contributed by atoms with Crippen molar-refractivity contribution in [3.8, 4) is 0 Å². The fourth-order valence-electron chi connectivity index (χ4n) is 2.14. The van der Waals surface area contributed by atoms with Crippen LogP contribution < -0.4 is 10.6 Å². The molecule has 0 aliphatic carbocycles. The van der Waals surface area contributed by atoms with E-state index in [2.05, 4.69) is 10.6 Å². The van der Waals surface area contributed by atoms with Crippen molar-refractivity contribution in [1.29, 1.82) is 0 Å². The second-order valence-corrected chi connectivity index (χ2v) is 5.38. The quantitative estimate of drug-likeness (QED) is 0.719. The van der Waals surface area contributed by atoms with Crippen LogP contribution in [0.15, 0.2) is 18.2 Å². The van der Waals surface area contributed by atoms with Gasteiger partial charge >= 0.3 is 5.97 Å². The summed E-state index contributed by atoms with van der Waals surface area (Å²) in [5, 5.41) is 14.8. The number of halogens is 1. The SMILES string of the molecule is CCCC(NC(C)C(=O)Nc1ccc(C)cc1C)C(=O)O.Cl. The van der Waals surface area contributed by atoms with E-state index in [9.17, 15) is 9.59 Å². The number of carboxylic acid groups (broad SMARTS) is 1. The van der Waals surface area contributed by atoms with Crippen molar-refractivity contribution in [2.24, 2.45) is 0 Å². The molecule has 3 N–H and O–H groups in total. The molecule has 1 amide bonds. The van der Waals surface area contributed by atoms with Gasteiger partial charge in [-0.2, -0.15) is 0 Å². The van der Waals surface area contributed by atoms with Gasteiger partial charge in [0.05, 0.1) is 6.04 Å². The molecule has 0 saturated carbocycles. The third-order valence-corrected chi connectivity index (χ3v) is 3.36. The average Bonchev–Trinajstić information content (AvgIpc) is 2.41. The van der Waals surface area contributed by atoms with E-state index in [0.717, 1.165) is 23.2 Å². The Labute approximate surface area is 137 Å². The number of aryl methyl sites for hydroxylation is 2. The summed E-state index contributed by atoms with van der Waals surface area (Å²) in [4.78, 5) is 23.2. The van der Waals surface area contributed by atoms with Crippen molar-refractivity contribution >= 4 is 30.0 Å². The number of benzene rings is 1. The summed E-state index contributed by atoms with van der Waals surface area (Å²) in [5.41, 5.74) is 2.87. The van der Waals surface area contributed by atoms with Crippen LogP contribution in [0.5, 0.6) is 0 Å². The number of carbonyl (C=O) groups excluding carboxylic acids is 1. The minimum atomic E-state index is -0.928. The van der Waals surface area contributed by atoms with E-state index in [1.54, 1.807) is 6.92 Å². The Morgan fingerprint density at radius 2 is 1.91 bits per heavy atom. The van der Waals surface area contributed by atoms with Gasteiger partial charge in [-0.15, -0.1) is 12.4 Å². The molecule has 0 aliphatic rings. The molecule has 0 heterocycles. The molecule has 0 radical (unpaired) electrons. The second kappa shape index (κ2) is 9.43. The summed E-state index contributed by atoms with van der Waals surface area (Å²) in [6.07, 6.45) is 1.24. The zero-order chi connectivity index (χ0) is 16.0. The van der Waals surface area contributed by atoms with Crippen LogP contribution in [-0.4, -0.2) is 29.1 Å². The minimum Gasteiger partial charge on any atom is -0.480 e. The molecule has 22 heavy (non-hydrogen) atoms. The minimum absolute atomic E-state index is 0. The molecule has 5 nitrogen and oxygen atoms in total. The highest BCUT2D eigenvalue weighted by Gasteiger charge is 2.22. The Morgan fingerprint density at radius 1 is 1.27 bits per heavy atom. The molecule has 2 unspecified atom stereocenters. The summed E-state index contributed by atoms with van der Waals surface area (Å²) in [6.45, 7) is 7.51. The number of anilines is 1. The molecule has 1 aromatic carbocycles. The van der Waals surface area contributed by atoms with Gasteiger partial charge in [0.2, 0.25) is 5.91 Å². The average molecular weight is 329 g/mol. The highest BCUT2D eigenvalue weighted by molar-refractivity contribution is 5.95. The van der Waals surface area contributed by atoms with Crippen molar-refractivity contribution < 1.29 is 14.7 Å². The zero-order valence-electron chi connectivity index (χ0n) is 13.5. The fourth-order valence-corrected chi connectivity index (χ4v) is 2.14. The maximum atomic E-state index is 12.1. The van der Waals surface area contributed by atoms with Crippen LogP contribution in [-0.2, 0) is 9.59 Å². The molecule has 1 aromatic rings. The van der Waals surface area contributed by atoms with Crippen LogP contribution in [0.4, 0.5) is 5.69 Å². The van der Waals surface area contributed by atoms with E-state index in [4.69, 9.17) is 5.11 Å². The number of rotatable bonds is 7. The van der Waals surface area contributed by atoms with Crippen molar-refractivity contribution in [3.63, 3.8) is 0 Å². The predicted octanol–water partition coefficient (Wildman–Crippen LogP) is 2.90. The van der Waals surface area contributed by atoms with E-state index >= 15 is 0 Å². The largest absolute Gasteiger partial charge is 0.480 e. The van der Waals surface area contributed by atoms with Crippen molar-refractivity contribution in [2.75, 3.05) is 5.32 Å². The topological polar surface area (TPSA) is 78.4 Å². The lowest BCUT2D eigenvalue weighted by Crippen LogP contribution is -2.47. The molecule has 1 rings (SSSR count). The predicted molar refractivity (Wildman–Crippen MR) is 90.7 cm³/mol. The number of nitrogens with one attached hydrogen (secondary N) is 2. The molecule has 0 aliphatic heterocycles. The first kappa shape index (κ1) is 20.4. The fraction of sp³-hybridized carbons (Fsp3) is 0.500. The first-order chi connectivity index (χ1) is 9.85. The van der Waals surface area contributed by atoms with Crippen LogP contribution in [0.2, 0.25) is 0 Å². The lowest BCUT2D eigenvalue weighted by atomic mass is 10.1. The van der Waals surface area contributed by atoms with E-state index in [1.165, 1.54) is 0 Å². The third kappa shape index (κ3) is 6.03. The molecular formula is C16H25ClN2O3. The molecule has 0 spiro atoms. The zero-order valence-corrected chi connectivity index (χ0v) is 14.3. The molecule has 0 saturated heterocycles. The smallest absolute Gasteiger partial charge is 0.320 e. The van der Waals surface area contributed by atoms with Crippen LogP contribution in [0.1, 0.15) is 37.8 Å². The number of amides is 1. The van der Waals surface area contributed by atoms with Crippen LogP contribution in [0.25, 0.3) is 0 Å². The summed E-state index contributed by atoms with van der Waals surface area (Å²) in [5.74, 6) is -1.16. The first-order valence-corrected chi connectivity index (χ1v) is 7.22. The van der Waals surface area contributed by atoms with Crippen LogP contribution in [0.3, 0.4) is 0 Å². The van der Waals surface area contributed by atoms with E-state index < -0.39 is 18.1 Å². The Hall–Kier alpha value is -1.59. The molecule has 0 bridgehead atoms. The highest BCUT2D eigenvalue weighted by Crippen LogP contribution is 2.16. The van der Waals surface area contributed by atoms with Gasteiger partial charge in [-0.05, 0) is 38.8 Å². The van der Waals surface area contributed by atoms with Crippen molar-refractivity contribution in [1.82, 2.24) is 5.32 Å². The standard InChI is InChI=1S/C16H24N2O3.ClH/c1-5-6-14(16(20)21)17-12(4)15(19)18-13-8-7-10(2)9-11(13)3;/h7-9,12,14,17H,5-6H2,1-4H3,(H,18,19)(H,20,21);1H. The van der Waals surface area contributed by atoms with Gasteiger partial charge in [-0.1, -0.05) is 31.0 Å². The van der Waals surface area contributed by atoms with Gasteiger partial charge < -0.3 is 10.4 Å². The lowest BCUT2D eigenvalue weighted by Gasteiger charge is -2.20. The number of carbonyl (C=O) groups is 2. The molecular weight excluding hydrogens is 304 g/mol. The Kier molecular flexibility index (Phi) is 8.75. The van der Waals surface area contributed by atoms with Crippen molar-refractivity contribution in [2.45, 2.75) is 52.6 Å². The Balaban J connectivity index is 0.00000441. The van der Waals surface area contributed by atoms with Crippen LogP contribution >= 0.6 is 12.4 Å². The molecule has 0 fully saturated rings. The third-order valence-electron chi connectivity index (χ3n) is 3.36. The highest BCUT2D eigenvalue weighted by atomic mass is 35.5. The van der Waals surface area contributed by atoms with Crippen LogP contribution in [0, 0.1) is 13.8 Å². The number of hydrogen-bond donors (Lipinski definition) is 3. The summed E-state index contributed by atoms with van der Waals surface area (Å²) in [7, 11) is 0. The molecule has 124 valence electrons. The van der Waals surface area contributed by atoms with E-state index in [-0.39, 0.29) is 18.3 Å². The Morgan fingerprint density at radius 3 is 2.41 bits per heavy atom. The molecule has 0 aromatic heterocycles. The monoisotopic (exact) mass is 328 g/mol. The van der Waals surface area contributed by atoms with Gasteiger partial charge in [-0.25, -0.2) is 0 Å². The normalized spacial score (nSPS) is 12.9. The van der Waals surface area contributed by atoms with Crippen molar-refractivity contribution in [3.05, 3.63) is 29.3 Å². The van der Waals surface area contributed by atoms with Gasteiger partial charge in [0.15, 0.2) is 0 Å². The number of hydrogen-bond acceptors (Lipinski definition) is 3. The summed E-state index contributed by atoms with van der Waals surface area (Å²) < 4.78 is 0. The second-order valence-electron chi connectivity index (χ2n) is 5.38. The summed E-state index contributed by atoms with van der Waals surface area (Å²) >= 11 is 0. The Bertz CT molecular complexity index is 520. The van der Waals surface area contributed by atoms with Gasteiger partial charge in [-0.3, -0.25) is 14.9 Å². The van der Waals surface area contributed by atoms with Gasteiger partial charge in [0.25, 0.3) is 0 Å². The number of carboxylic acids is 1.